The van der Waals surface area contributed by atoms with E-state index in [-0.39, 0.29) is 6.61 Å². The SMILES string of the molecule is CC(C)(C)N(C(=O)O)[C@H]1COC1=O. The average molecular weight is 187 g/mol. The monoisotopic (exact) mass is 187 g/mol. The van der Waals surface area contributed by atoms with Crippen LogP contribution in [0.25, 0.3) is 0 Å². The van der Waals surface area contributed by atoms with Crippen molar-refractivity contribution in [2.45, 2.75) is 32.4 Å². The maximum absolute atomic E-state index is 10.9. The number of carbonyl (C=O) groups excluding carboxylic acids is 1. The fourth-order valence-electron chi connectivity index (χ4n) is 1.29. The van der Waals surface area contributed by atoms with Gasteiger partial charge in [0.2, 0.25) is 0 Å². The second-order valence-electron chi connectivity index (χ2n) is 3.97. The number of carboxylic acid groups (broad SMARTS) is 1. The highest BCUT2D eigenvalue weighted by Gasteiger charge is 2.44. The molecule has 0 unspecified atom stereocenters. The molecule has 0 bridgehead atoms. The molecule has 1 heterocycles. The van der Waals surface area contributed by atoms with Crippen LogP contribution in [0.4, 0.5) is 4.79 Å². The van der Waals surface area contributed by atoms with Crippen LogP contribution in [-0.4, -0.2) is 40.3 Å². The first kappa shape index (κ1) is 9.83. The summed E-state index contributed by atoms with van der Waals surface area (Å²) in [7, 11) is 0. The average Bonchev–Trinajstić information content (AvgIpc) is 1.93. The van der Waals surface area contributed by atoms with Gasteiger partial charge in [0.25, 0.3) is 0 Å². The van der Waals surface area contributed by atoms with E-state index in [0.29, 0.717) is 0 Å². The van der Waals surface area contributed by atoms with E-state index in [0.717, 1.165) is 4.90 Å². The van der Waals surface area contributed by atoms with Gasteiger partial charge in [0.15, 0.2) is 6.04 Å². The number of cyclic esters (lactones) is 1. The quantitative estimate of drug-likeness (QED) is 0.613. The number of amides is 1. The molecule has 5 nitrogen and oxygen atoms in total. The molecule has 1 atom stereocenters. The van der Waals surface area contributed by atoms with Gasteiger partial charge in [-0.05, 0) is 20.8 Å². The van der Waals surface area contributed by atoms with Gasteiger partial charge in [-0.1, -0.05) is 0 Å². The minimum atomic E-state index is -1.09. The van der Waals surface area contributed by atoms with Crippen LogP contribution >= 0.6 is 0 Å². The van der Waals surface area contributed by atoms with Crippen molar-refractivity contribution in [3.63, 3.8) is 0 Å². The summed E-state index contributed by atoms with van der Waals surface area (Å²) in [6, 6.07) is -0.627. The first-order valence-electron chi connectivity index (χ1n) is 4.03. The summed E-state index contributed by atoms with van der Waals surface area (Å²) >= 11 is 0. The van der Waals surface area contributed by atoms with Gasteiger partial charge in [0, 0.05) is 5.54 Å². The summed E-state index contributed by atoms with van der Waals surface area (Å²) in [5, 5.41) is 8.88. The predicted molar refractivity (Wildman–Crippen MR) is 44.4 cm³/mol. The Hall–Kier alpha value is -1.26. The smallest absolute Gasteiger partial charge is 0.408 e. The van der Waals surface area contributed by atoms with Crippen LogP contribution in [-0.2, 0) is 9.53 Å². The lowest BCUT2D eigenvalue weighted by molar-refractivity contribution is -0.173. The van der Waals surface area contributed by atoms with E-state index in [1.165, 1.54) is 0 Å². The minimum absolute atomic E-state index is 0.169. The summed E-state index contributed by atoms with van der Waals surface area (Å²) in [6.07, 6.45) is -1.09. The molecular formula is C8H13NO4. The van der Waals surface area contributed by atoms with Crippen molar-refractivity contribution in [3.8, 4) is 0 Å². The summed E-state index contributed by atoms with van der Waals surface area (Å²) in [6.45, 7) is 5.40. The molecule has 1 N–H and O–H groups in total. The zero-order chi connectivity index (χ0) is 10.2. The van der Waals surface area contributed by atoms with E-state index in [2.05, 4.69) is 4.74 Å². The van der Waals surface area contributed by atoms with Crippen LogP contribution in [0, 0.1) is 0 Å². The Labute approximate surface area is 76.3 Å². The summed E-state index contributed by atoms with van der Waals surface area (Å²) in [5.74, 6) is -0.461. The highest BCUT2D eigenvalue weighted by Crippen LogP contribution is 2.22. The van der Waals surface area contributed by atoms with Crippen LogP contribution in [0.5, 0.6) is 0 Å². The van der Waals surface area contributed by atoms with Crippen LogP contribution < -0.4 is 0 Å². The van der Waals surface area contributed by atoms with E-state index in [4.69, 9.17) is 5.11 Å². The predicted octanol–water partition coefficient (Wildman–Crippen LogP) is 0.690. The first-order chi connectivity index (χ1) is 5.84. The van der Waals surface area contributed by atoms with Crippen molar-refractivity contribution < 1.29 is 19.4 Å². The minimum Gasteiger partial charge on any atom is -0.465 e. The second-order valence-corrected chi connectivity index (χ2v) is 3.97. The molecule has 1 amide bonds. The van der Waals surface area contributed by atoms with Gasteiger partial charge in [-0.25, -0.2) is 9.59 Å². The molecule has 1 rings (SSSR count). The molecule has 1 aliphatic heterocycles. The summed E-state index contributed by atoms with van der Waals surface area (Å²) in [4.78, 5) is 22.9. The largest absolute Gasteiger partial charge is 0.465 e. The Morgan fingerprint density at radius 3 is 2.23 bits per heavy atom. The molecule has 0 radical (unpaired) electrons. The topological polar surface area (TPSA) is 66.8 Å². The molecule has 13 heavy (non-hydrogen) atoms. The number of hydrogen-bond donors (Lipinski definition) is 1. The van der Waals surface area contributed by atoms with Crippen LogP contribution in [0.1, 0.15) is 20.8 Å². The second kappa shape index (κ2) is 2.90. The molecule has 0 spiro atoms. The summed E-state index contributed by atoms with van der Waals surface area (Å²) in [5.41, 5.74) is -0.573. The van der Waals surface area contributed by atoms with Crippen molar-refractivity contribution in [2.75, 3.05) is 6.61 Å². The van der Waals surface area contributed by atoms with Crippen molar-refractivity contribution in [1.82, 2.24) is 4.90 Å². The Balaban J connectivity index is 2.80. The van der Waals surface area contributed by atoms with Gasteiger partial charge in [0.1, 0.15) is 6.61 Å². The molecular weight excluding hydrogens is 174 g/mol. The number of rotatable bonds is 1. The Bertz CT molecular complexity index is 243. The number of esters is 1. The van der Waals surface area contributed by atoms with E-state index in [1.807, 2.05) is 0 Å². The van der Waals surface area contributed by atoms with Gasteiger partial charge in [-0.15, -0.1) is 0 Å². The number of carbonyl (C=O) groups is 2. The maximum Gasteiger partial charge on any atom is 0.408 e. The third-order valence-corrected chi connectivity index (χ3v) is 1.90. The molecule has 1 fully saturated rings. The fourth-order valence-corrected chi connectivity index (χ4v) is 1.29. The third kappa shape index (κ3) is 1.74. The first-order valence-corrected chi connectivity index (χ1v) is 4.03. The van der Waals surface area contributed by atoms with E-state index < -0.39 is 23.6 Å². The van der Waals surface area contributed by atoms with Gasteiger partial charge < -0.3 is 9.84 Å². The number of nitrogens with zero attached hydrogens (tertiary/aromatic N) is 1. The van der Waals surface area contributed by atoms with Gasteiger partial charge in [0.05, 0.1) is 0 Å². The van der Waals surface area contributed by atoms with E-state index in [9.17, 15) is 9.59 Å². The lowest BCUT2D eigenvalue weighted by atomic mass is 10.0. The molecule has 0 aliphatic carbocycles. The fraction of sp³-hybridized carbons (Fsp3) is 0.750. The highest BCUT2D eigenvalue weighted by atomic mass is 16.6. The Kier molecular flexibility index (Phi) is 2.19. The normalized spacial score (nSPS) is 21.8. The van der Waals surface area contributed by atoms with E-state index in [1.54, 1.807) is 20.8 Å². The van der Waals surface area contributed by atoms with Gasteiger partial charge in [-0.3, -0.25) is 4.90 Å². The third-order valence-electron chi connectivity index (χ3n) is 1.90. The van der Waals surface area contributed by atoms with Crippen molar-refractivity contribution in [2.24, 2.45) is 0 Å². The van der Waals surface area contributed by atoms with E-state index >= 15 is 0 Å². The summed E-state index contributed by atoms with van der Waals surface area (Å²) < 4.78 is 4.53. The zero-order valence-corrected chi connectivity index (χ0v) is 7.90. The number of hydrogen-bond acceptors (Lipinski definition) is 3. The van der Waals surface area contributed by atoms with Crippen LogP contribution in [0.15, 0.2) is 0 Å². The van der Waals surface area contributed by atoms with Crippen molar-refractivity contribution in [3.05, 3.63) is 0 Å². The Morgan fingerprint density at radius 1 is 1.62 bits per heavy atom. The van der Waals surface area contributed by atoms with Crippen molar-refractivity contribution >= 4 is 12.1 Å². The lowest BCUT2D eigenvalue weighted by Gasteiger charge is -2.41. The highest BCUT2D eigenvalue weighted by molar-refractivity contribution is 5.85. The van der Waals surface area contributed by atoms with Crippen LogP contribution in [0.2, 0.25) is 0 Å². The molecule has 0 aromatic carbocycles. The molecule has 1 aliphatic rings. The molecule has 74 valence electrons. The molecule has 1 saturated heterocycles. The van der Waals surface area contributed by atoms with Crippen LogP contribution in [0.3, 0.4) is 0 Å². The molecule has 0 saturated carbocycles. The molecule has 0 aromatic heterocycles. The zero-order valence-electron chi connectivity index (χ0n) is 7.90. The standard InChI is InChI=1S/C8H13NO4/c1-8(2,3)9(7(11)12)5-4-13-6(5)10/h5H,4H2,1-3H3,(H,11,12)/t5-/m0/s1. The maximum atomic E-state index is 10.9. The number of ether oxygens (including phenoxy) is 1. The van der Waals surface area contributed by atoms with Gasteiger partial charge in [-0.2, -0.15) is 0 Å². The molecule has 0 aromatic rings. The van der Waals surface area contributed by atoms with Crippen molar-refractivity contribution in [1.29, 1.82) is 0 Å². The lowest BCUT2D eigenvalue weighted by Crippen LogP contribution is -2.61. The molecule has 5 heteroatoms. The van der Waals surface area contributed by atoms with Gasteiger partial charge >= 0.3 is 12.1 Å². The Morgan fingerprint density at radius 2 is 2.15 bits per heavy atom.